The van der Waals surface area contributed by atoms with Gasteiger partial charge in [0, 0.05) is 44.6 Å². The molecule has 5 unspecified atom stereocenters. The Morgan fingerprint density at radius 2 is 2.12 bits per heavy atom. The molecule has 16 heavy (non-hydrogen) atoms. The molecule has 0 aromatic carbocycles. The zero-order valence-corrected chi connectivity index (χ0v) is 12.6. The molecule has 89 valence electrons. The molecule has 0 amide bonds. The summed E-state index contributed by atoms with van der Waals surface area (Å²) >= 11 is 0. The molecular weight excluding hydrogens is 311 g/mol. The van der Waals surface area contributed by atoms with Crippen LogP contribution >= 0.6 is 7.37 Å². The summed E-state index contributed by atoms with van der Waals surface area (Å²) in [6, 6.07) is -0.655. The van der Waals surface area contributed by atoms with Crippen molar-refractivity contribution in [1.82, 2.24) is 0 Å². The van der Waals surface area contributed by atoms with E-state index >= 15 is 0 Å². The van der Waals surface area contributed by atoms with Crippen LogP contribution in [0.15, 0.2) is 0 Å². The predicted octanol–water partition coefficient (Wildman–Crippen LogP) is -0.974. The number of ether oxygens (including phenoxy) is 2. The summed E-state index contributed by atoms with van der Waals surface area (Å²) in [5.41, 5.74) is 0. The van der Waals surface area contributed by atoms with Crippen molar-refractivity contribution in [2.75, 3.05) is 12.7 Å². The summed E-state index contributed by atoms with van der Waals surface area (Å²) in [4.78, 5) is 9.01. The minimum absolute atomic E-state index is 0. The predicted molar refractivity (Wildman–Crippen MR) is 52.4 cm³/mol. The molecule has 0 aromatic heterocycles. The Balaban J connectivity index is 0.00000225. The first-order chi connectivity index (χ1) is 6.87. The second-order valence-corrected chi connectivity index (χ2v) is 5.84. The standard InChI is InChI=1S/C7H14BO6P.Y/c1-4-5(10)7(14-6(4)8)13-3-15(11,12)2-9;/h4-7,9-10H,2-3H2,1H3,(H,11,12);. The number of aliphatic hydroxyl groups is 2. The van der Waals surface area contributed by atoms with Gasteiger partial charge in [0.25, 0.3) is 0 Å². The Hall–Kier alpha value is 1.20. The first kappa shape index (κ1) is 17.2. The van der Waals surface area contributed by atoms with E-state index in [1.54, 1.807) is 6.92 Å². The van der Waals surface area contributed by atoms with Crippen LogP contribution in [0.3, 0.4) is 0 Å². The van der Waals surface area contributed by atoms with E-state index in [1.807, 2.05) is 0 Å². The number of aliphatic hydroxyl groups excluding tert-OH is 2. The fourth-order valence-electron chi connectivity index (χ4n) is 1.17. The first-order valence-corrected chi connectivity index (χ1v) is 6.53. The van der Waals surface area contributed by atoms with E-state index in [-0.39, 0.29) is 38.6 Å². The quantitative estimate of drug-likeness (QED) is 0.455. The van der Waals surface area contributed by atoms with Crippen LogP contribution in [-0.2, 0) is 46.7 Å². The Morgan fingerprint density at radius 1 is 1.56 bits per heavy atom. The summed E-state index contributed by atoms with van der Waals surface area (Å²) in [7, 11) is 1.80. The van der Waals surface area contributed by atoms with Crippen LogP contribution in [0, 0.1) is 5.92 Å². The van der Waals surface area contributed by atoms with Gasteiger partial charge in [0.1, 0.15) is 26.6 Å². The van der Waals surface area contributed by atoms with Gasteiger partial charge in [-0.3, -0.25) is 4.57 Å². The van der Waals surface area contributed by atoms with Gasteiger partial charge < -0.3 is 24.6 Å². The molecule has 1 fully saturated rings. The summed E-state index contributed by atoms with van der Waals surface area (Å²) < 4.78 is 20.9. The van der Waals surface area contributed by atoms with Gasteiger partial charge >= 0.3 is 0 Å². The summed E-state index contributed by atoms with van der Waals surface area (Å²) in [6.45, 7) is 1.68. The zero-order valence-electron chi connectivity index (χ0n) is 8.89. The van der Waals surface area contributed by atoms with E-state index in [4.69, 9.17) is 27.3 Å². The minimum Gasteiger partial charge on any atom is -0.387 e. The maximum Gasteiger partial charge on any atom is 0.250 e. The van der Waals surface area contributed by atoms with Gasteiger partial charge in [0.05, 0.1) is 0 Å². The molecule has 0 aliphatic carbocycles. The molecule has 1 saturated heterocycles. The van der Waals surface area contributed by atoms with Crippen LogP contribution in [0.5, 0.6) is 0 Å². The van der Waals surface area contributed by atoms with Crippen molar-refractivity contribution in [1.29, 1.82) is 0 Å². The Kier molecular flexibility index (Phi) is 7.47. The SMILES string of the molecule is [B]C1OC(OCP(=O)(O)CO)C(O)C1C.[Y]. The van der Waals surface area contributed by atoms with Crippen LogP contribution in [0.4, 0.5) is 0 Å². The van der Waals surface area contributed by atoms with Gasteiger partial charge in [-0.25, -0.2) is 0 Å². The molecule has 1 aliphatic rings. The van der Waals surface area contributed by atoms with Gasteiger partial charge in [0.2, 0.25) is 7.37 Å². The van der Waals surface area contributed by atoms with Crippen molar-refractivity contribution in [3.05, 3.63) is 0 Å². The van der Waals surface area contributed by atoms with Crippen molar-refractivity contribution < 1.29 is 61.9 Å². The molecule has 5 atom stereocenters. The molecular formula is C7H14BO6PY. The molecule has 1 rings (SSSR count). The second-order valence-electron chi connectivity index (χ2n) is 3.60. The second kappa shape index (κ2) is 6.95. The van der Waals surface area contributed by atoms with E-state index in [1.165, 1.54) is 0 Å². The van der Waals surface area contributed by atoms with Crippen LogP contribution < -0.4 is 0 Å². The van der Waals surface area contributed by atoms with Crippen molar-refractivity contribution in [3.63, 3.8) is 0 Å². The smallest absolute Gasteiger partial charge is 0.250 e. The molecule has 6 nitrogen and oxygen atoms in total. The molecule has 1 aliphatic heterocycles. The molecule has 0 spiro atoms. The fourth-order valence-corrected chi connectivity index (χ4v) is 1.63. The zero-order chi connectivity index (χ0) is 11.6. The van der Waals surface area contributed by atoms with Crippen LogP contribution in [-0.4, -0.2) is 54.0 Å². The maximum atomic E-state index is 11.0. The topological polar surface area (TPSA) is 96.2 Å². The van der Waals surface area contributed by atoms with Gasteiger partial charge in [-0.05, 0) is 0 Å². The third-order valence-electron chi connectivity index (χ3n) is 2.29. The van der Waals surface area contributed by atoms with Crippen LogP contribution in [0.25, 0.3) is 0 Å². The van der Waals surface area contributed by atoms with Crippen molar-refractivity contribution in [2.45, 2.75) is 25.3 Å². The van der Waals surface area contributed by atoms with E-state index in [0.717, 1.165) is 0 Å². The number of hydrogen-bond donors (Lipinski definition) is 3. The monoisotopic (exact) mass is 325 g/mol. The molecule has 9 heteroatoms. The molecule has 0 saturated carbocycles. The van der Waals surface area contributed by atoms with Crippen molar-refractivity contribution >= 4 is 15.2 Å². The molecule has 3 N–H and O–H groups in total. The van der Waals surface area contributed by atoms with Gasteiger partial charge in [-0.15, -0.1) is 0 Å². The third-order valence-corrected chi connectivity index (χ3v) is 3.28. The molecule has 1 heterocycles. The summed E-state index contributed by atoms with van der Waals surface area (Å²) in [6.07, 6.45) is -3.37. The number of hydrogen-bond acceptors (Lipinski definition) is 5. The summed E-state index contributed by atoms with van der Waals surface area (Å²) in [5.74, 6) is -0.304. The minimum atomic E-state index is -3.69. The van der Waals surface area contributed by atoms with Crippen molar-refractivity contribution in [2.24, 2.45) is 5.92 Å². The molecule has 0 bridgehead atoms. The van der Waals surface area contributed by atoms with Crippen LogP contribution in [0.1, 0.15) is 6.92 Å². The Bertz CT molecular complexity index is 267. The fraction of sp³-hybridized carbons (Fsp3) is 1.00. The van der Waals surface area contributed by atoms with E-state index in [0.29, 0.717) is 0 Å². The van der Waals surface area contributed by atoms with Crippen LogP contribution in [0.2, 0.25) is 0 Å². The van der Waals surface area contributed by atoms with E-state index in [9.17, 15) is 9.67 Å². The first-order valence-electron chi connectivity index (χ1n) is 4.50. The van der Waals surface area contributed by atoms with E-state index in [2.05, 4.69) is 0 Å². The van der Waals surface area contributed by atoms with Crippen molar-refractivity contribution in [3.8, 4) is 0 Å². The Labute approximate surface area is 120 Å². The molecule has 0 aromatic rings. The number of rotatable bonds is 4. The Morgan fingerprint density at radius 3 is 2.50 bits per heavy atom. The average molecular weight is 325 g/mol. The third kappa shape index (κ3) is 4.46. The summed E-state index contributed by atoms with van der Waals surface area (Å²) in [5, 5.41) is 18.1. The van der Waals surface area contributed by atoms with Gasteiger partial charge in [-0.1, -0.05) is 6.92 Å². The van der Waals surface area contributed by atoms with E-state index < -0.39 is 38.5 Å². The molecule has 3 radical (unpaired) electrons. The normalized spacial score (nSPS) is 37.8. The average Bonchev–Trinajstić information content (AvgIpc) is 2.43. The van der Waals surface area contributed by atoms with Gasteiger partial charge in [-0.2, -0.15) is 0 Å². The maximum absolute atomic E-state index is 11.0. The van der Waals surface area contributed by atoms with Gasteiger partial charge in [0.15, 0.2) is 6.29 Å². The largest absolute Gasteiger partial charge is 0.387 e.